The van der Waals surface area contributed by atoms with Crippen LogP contribution >= 0.6 is 11.3 Å². The Kier molecular flexibility index (Phi) is 4.14. The van der Waals surface area contributed by atoms with Crippen LogP contribution in [0.5, 0.6) is 0 Å². The first-order chi connectivity index (χ1) is 9.83. The first kappa shape index (κ1) is 13.3. The van der Waals surface area contributed by atoms with E-state index in [0.29, 0.717) is 13.2 Å². The summed E-state index contributed by atoms with van der Waals surface area (Å²) < 4.78 is 5.90. The first-order valence-corrected chi connectivity index (χ1v) is 7.74. The van der Waals surface area contributed by atoms with Crippen molar-refractivity contribution in [2.45, 2.75) is 19.1 Å². The number of likely N-dealkylation sites (tertiary alicyclic amines) is 1. The molecule has 4 heteroatoms. The van der Waals surface area contributed by atoms with Crippen LogP contribution in [0.15, 0.2) is 47.2 Å². The number of hydrogen-bond donors (Lipinski definition) is 0. The van der Waals surface area contributed by atoms with Gasteiger partial charge in [-0.05, 0) is 23.4 Å². The summed E-state index contributed by atoms with van der Waals surface area (Å²) in [6, 6.07) is 12.0. The maximum Gasteiger partial charge on any atom is 0.254 e. The van der Waals surface area contributed by atoms with Crippen molar-refractivity contribution in [3.05, 3.63) is 58.3 Å². The van der Waals surface area contributed by atoms with Crippen LogP contribution in [0.4, 0.5) is 0 Å². The maximum atomic E-state index is 12.2. The lowest BCUT2D eigenvalue weighted by Gasteiger charge is -2.16. The molecule has 1 aromatic carbocycles. The summed E-state index contributed by atoms with van der Waals surface area (Å²) in [6.07, 6.45) is 1.07. The van der Waals surface area contributed by atoms with Gasteiger partial charge in [0.15, 0.2) is 0 Å². The van der Waals surface area contributed by atoms with Gasteiger partial charge in [0.2, 0.25) is 0 Å². The van der Waals surface area contributed by atoms with Gasteiger partial charge in [0.25, 0.3) is 5.91 Å². The minimum atomic E-state index is 0.122. The van der Waals surface area contributed by atoms with E-state index in [2.05, 4.69) is 12.1 Å². The van der Waals surface area contributed by atoms with Crippen molar-refractivity contribution in [2.75, 3.05) is 13.1 Å². The summed E-state index contributed by atoms with van der Waals surface area (Å²) in [5, 5.41) is 3.84. The summed E-state index contributed by atoms with van der Waals surface area (Å²) in [5.74, 6) is 0.122. The van der Waals surface area contributed by atoms with E-state index in [0.717, 1.165) is 18.5 Å². The van der Waals surface area contributed by atoms with Crippen LogP contribution in [0.25, 0.3) is 0 Å². The van der Waals surface area contributed by atoms with E-state index in [1.165, 1.54) is 5.56 Å². The molecule has 3 nitrogen and oxygen atoms in total. The number of thiophene rings is 1. The van der Waals surface area contributed by atoms with Gasteiger partial charge >= 0.3 is 0 Å². The van der Waals surface area contributed by atoms with Crippen molar-refractivity contribution >= 4 is 17.2 Å². The Hall–Kier alpha value is -1.65. The number of nitrogens with zero attached hydrogens (tertiary/aromatic N) is 1. The molecule has 1 atom stereocenters. The Morgan fingerprint density at radius 1 is 1.30 bits per heavy atom. The third kappa shape index (κ3) is 3.08. The van der Waals surface area contributed by atoms with E-state index >= 15 is 0 Å². The third-order valence-corrected chi connectivity index (χ3v) is 4.21. The zero-order valence-corrected chi connectivity index (χ0v) is 12.0. The highest BCUT2D eigenvalue weighted by Gasteiger charge is 2.27. The monoisotopic (exact) mass is 287 g/mol. The number of ether oxygens (including phenoxy) is 1. The van der Waals surface area contributed by atoms with Crippen LogP contribution in [0.2, 0.25) is 0 Å². The Morgan fingerprint density at radius 2 is 2.15 bits per heavy atom. The molecule has 0 spiro atoms. The van der Waals surface area contributed by atoms with Crippen LogP contribution in [0.3, 0.4) is 0 Å². The molecule has 20 heavy (non-hydrogen) atoms. The van der Waals surface area contributed by atoms with Crippen LogP contribution in [-0.2, 0) is 11.3 Å². The molecule has 1 aliphatic rings. The average molecular weight is 287 g/mol. The van der Waals surface area contributed by atoms with Crippen molar-refractivity contribution in [3.63, 3.8) is 0 Å². The van der Waals surface area contributed by atoms with E-state index in [1.54, 1.807) is 11.3 Å². The lowest BCUT2D eigenvalue weighted by Crippen LogP contribution is -2.29. The fraction of sp³-hybridized carbons (Fsp3) is 0.312. The molecule has 2 aromatic rings. The minimum absolute atomic E-state index is 0.122. The Balaban J connectivity index is 1.51. The topological polar surface area (TPSA) is 29.5 Å². The Labute approximate surface area is 122 Å². The van der Waals surface area contributed by atoms with Gasteiger partial charge in [0, 0.05) is 18.5 Å². The highest BCUT2D eigenvalue weighted by Crippen LogP contribution is 2.18. The summed E-state index contributed by atoms with van der Waals surface area (Å²) in [7, 11) is 0. The van der Waals surface area contributed by atoms with Crippen molar-refractivity contribution in [2.24, 2.45) is 0 Å². The van der Waals surface area contributed by atoms with Gasteiger partial charge < -0.3 is 9.64 Å². The second kappa shape index (κ2) is 6.20. The van der Waals surface area contributed by atoms with E-state index in [9.17, 15) is 4.79 Å². The van der Waals surface area contributed by atoms with Crippen LogP contribution in [0.1, 0.15) is 22.3 Å². The van der Waals surface area contributed by atoms with Gasteiger partial charge in [-0.25, -0.2) is 0 Å². The molecule has 0 bridgehead atoms. The molecule has 3 rings (SSSR count). The minimum Gasteiger partial charge on any atom is -0.372 e. The predicted molar refractivity (Wildman–Crippen MR) is 79.9 cm³/mol. The van der Waals surface area contributed by atoms with Gasteiger partial charge in [0.05, 0.1) is 18.3 Å². The third-order valence-electron chi connectivity index (χ3n) is 3.53. The van der Waals surface area contributed by atoms with Gasteiger partial charge in [0.1, 0.15) is 0 Å². The first-order valence-electron chi connectivity index (χ1n) is 6.80. The van der Waals surface area contributed by atoms with Crippen LogP contribution < -0.4 is 0 Å². The highest BCUT2D eigenvalue weighted by atomic mass is 32.1. The number of carbonyl (C=O) groups is 1. The molecule has 1 aliphatic heterocycles. The summed E-state index contributed by atoms with van der Waals surface area (Å²) in [5.41, 5.74) is 1.97. The van der Waals surface area contributed by atoms with Crippen LogP contribution in [-0.4, -0.2) is 30.0 Å². The van der Waals surface area contributed by atoms with Gasteiger partial charge in [-0.3, -0.25) is 4.79 Å². The van der Waals surface area contributed by atoms with Crippen molar-refractivity contribution in [1.82, 2.24) is 4.90 Å². The lowest BCUT2D eigenvalue weighted by molar-refractivity contribution is 0.0438. The average Bonchev–Trinajstić information content (AvgIpc) is 3.17. The van der Waals surface area contributed by atoms with E-state index in [4.69, 9.17) is 4.74 Å². The Bertz CT molecular complexity index is 553. The molecule has 0 radical (unpaired) electrons. The number of carbonyl (C=O) groups excluding carboxylic acids is 1. The smallest absolute Gasteiger partial charge is 0.254 e. The van der Waals surface area contributed by atoms with Crippen molar-refractivity contribution < 1.29 is 9.53 Å². The second-order valence-corrected chi connectivity index (χ2v) is 5.75. The van der Waals surface area contributed by atoms with Gasteiger partial charge in [-0.1, -0.05) is 30.3 Å². The van der Waals surface area contributed by atoms with Crippen LogP contribution in [0, 0.1) is 0 Å². The molecule has 2 heterocycles. The van der Waals surface area contributed by atoms with Crippen molar-refractivity contribution in [1.29, 1.82) is 0 Å². The number of amides is 1. The molecule has 1 unspecified atom stereocenters. The molecule has 0 N–H and O–H groups in total. The fourth-order valence-corrected chi connectivity index (χ4v) is 3.04. The molecule has 1 amide bonds. The lowest BCUT2D eigenvalue weighted by atomic mass is 10.2. The second-order valence-electron chi connectivity index (χ2n) is 4.97. The predicted octanol–water partition coefficient (Wildman–Crippen LogP) is 3.18. The Morgan fingerprint density at radius 3 is 2.90 bits per heavy atom. The standard InChI is InChI=1S/C16H17NO2S/c18-16(14-7-9-20-12-14)17-8-6-15(10-17)19-11-13-4-2-1-3-5-13/h1-5,7,9,12,15H,6,8,10-11H2. The van der Waals surface area contributed by atoms with Gasteiger partial charge in [-0.15, -0.1) is 0 Å². The number of rotatable bonds is 4. The quantitative estimate of drug-likeness (QED) is 0.864. The molecular weight excluding hydrogens is 270 g/mol. The highest BCUT2D eigenvalue weighted by molar-refractivity contribution is 7.08. The largest absolute Gasteiger partial charge is 0.372 e. The molecular formula is C16H17NO2S. The summed E-state index contributed by atoms with van der Waals surface area (Å²) in [6.45, 7) is 2.10. The zero-order valence-electron chi connectivity index (χ0n) is 11.2. The fourth-order valence-electron chi connectivity index (χ4n) is 2.41. The van der Waals surface area contributed by atoms with Gasteiger partial charge in [-0.2, -0.15) is 11.3 Å². The molecule has 0 saturated carbocycles. The molecule has 1 saturated heterocycles. The molecule has 1 aromatic heterocycles. The normalized spacial score (nSPS) is 18.4. The molecule has 0 aliphatic carbocycles. The van der Waals surface area contributed by atoms with Crippen molar-refractivity contribution in [3.8, 4) is 0 Å². The zero-order chi connectivity index (χ0) is 13.8. The molecule has 104 valence electrons. The molecule has 1 fully saturated rings. The summed E-state index contributed by atoms with van der Waals surface area (Å²) >= 11 is 1.56. The van der Waals surface area contributed by atoms with E-state index in [-0.39, 0.29) is 12.0 Å². The summed E-state index contributed by atoms with van der Waals surface area (Å²) in [4.78, 5) is 14.1. The number of hydrogen-bond acceptors (Lipinski definition) is 3. The number of benzene rings is 1. The van der Waals surface area contributed by atoms with E-state index in [1.807, 2.05) is 39.9 Å². The maximum absolute atomic E-state index is 12.2. The SMILES string of the molecule is O=C(c1ccsc1)N1CCC(OCc2ccccc2)C1. The van der Waals surface area contributed by atoms with E-state index < -0.39 is 0 Å².